The summed E-state index contributed by atoms with van der Waals surface area (Å²) in [6.07, 6.45) is 1.55. The largest absolute Gasteiger partial charge is 0.424 e. The van der Waals surface area contributed by atoms with Gasteiger partial charge in [-0.3, -0.25) is 4.79 Å². The number of benzene rings is 1. The Labute approximate surface area is 75.6 Å². The van der Waals surface area contributed by atoms with Crippen LogP contribution in [0, 0.1) is 5.82 Å². The fourth-order valence-electron chi connectivity index (χ4n) is 0.880. The Morgan fingerprint density at radius 1 is 1.62 bits per heavy atom. The molecule has 0 fully saturated rings. The van der Waals surface area contributed by atoms with Crippen LogP contribution < -0.4 is 4.74 Å². The molecule has 3 heteroatoms. The molecule has 0 unspecified atom stereocenters. The summed E-state index contributed by atoms with van der Waals surface area (Å²) < 4.78 is 17.6. The van der Waals surface area contributed by atoms with Gasteiger partial charge in [-0.05, 0) is 17.7 Å². The number of esters is 1. The molecule has 1 aromatic carbocycles. The van der Waals surface area contributed by atoms with Crippen LogP contribution in [-0.2, 0) is 4.79 Å². The zero-order chi connectivity index (χ0) is 9.84. The summed E-state index contributed by atoms with van der Waals surface area (Å²) in [7, 11) is 0. The van der Waals surface area contributed by atoms with Gasteiger partial charge in [0.05, 0.1) is 0 Å². The Morgan fingerprint density at radius 3 is 2.85 bits per heavy atom. The molecule has 0 aromatic heterocycles. The number of hydrogen-bond donors (Lipinski definition) is 0. The SMILES string of the molecule is C=Cc1ccc(F)c(OC(C)=O)c1. The predicted octanol–water partition coefficient (Wildman–Crippen LogP) is 2.39. The number of hydrogen-bond acceptors (Lipinski definition) is 2. The van der Waals surface area contributed by atoms with Gasteiger partial charge >= 0.3 is 5.97 Å². The summed E-state index contributed by atoms with van der Waals surface area (Å²) in [6, 6.07) is 4.20. The number of rotatable bonds is 2. The minimum Gasteiger partial charge on any atom is -0.424 e. The molecule has 1 aromatic rings. The van der Waals surface area contributed by atoms with E-state index in [1.54, 1.807) is 12.1 Å². The van der Waals surface area contributed by atoms with Gasteiger partial charge in [-0.25, -0.2) is 4.39 Å². The van der Waals surface area contributed by atoms with E-state index in [1.165, 1.54) is 19.1 Å². The van der Waals surface area contributed by atoms with Crippen LogP contribution in [0.4, 0.5) is 4.39 Å². The molecule has 0 heterocycles. The first kappa shape index (κ1) is 9.45. The predicted molar refractivity (Wildman–Crippen MR) is 47.8 cm³/mol. The molecule has 0 aliphatic rings. The number of ether oxygens (including phenoxy) is 1. The molecular weight excluding hydrogens is 171 g/mol. The first-order chi connectivity index (χ1) is 6.13. The Hall–Kier alpha value is -1.64. The van der Waals surface area contributed by atoms with Crippen LogP contribution in [0.5, 0.6) is 5.75 Å². The van der Waals surface area contributed by atoms with Crippen LogP contribution in [0.25, 0.3) is 6.08 Å². The molecule has 0 N–H and O–H groups in total. The molecule has 13 heavy (non-hydrogen) atoms. The average molecular weight is 180 g/mol. The summed E-state index contributed by atoms with van der Waals surface area (Å²) in [5, 5.41) is 0. The summed E-state index contributed by atoms with van der Waals surface area (Å²) in [5.74, 6) is -1.16. The highest BCUT2D eigenvalue weighted by atomic mass is 19.1. The van der Waals surface area contributed by atoms with E-state index >= 15 is 0 Å². The summed E-state index contributed by atoms with van der Waals surface area (Å²) in [5.41, 5.74) is 0.706. The highest BCUT2D eigenvalue weighted by Crippen LogP contribution is 2.19. The lowest BCUT2D eigenvalue weighted by Gasteiger charge is -2.03. The van der Waals surface area contributed by atoms with Gasteiger partial charge in [-0.1, -0.05) is 18.7 Å². The Kier molecular flexibility index (Phi) is 2.80. The lowest BCUT2D eigenvalue weighted by atomic mass is 10.2. The molecule has 2 nitrogen and oxygen atoms in total. The van der Waals surface area contributed by atoms with Gasteiger partial charge in [0.2, 0.25) is 0 Å². The first-order valence-electron chi connectivity index (χ1n) is 3.74. The molecule has 0 aliphatic carbocycles. The maximum atomic E-state index is 13.0. The van der Waals surface area contributed by atoms with Gasteiger partial charge in [-0.2, -0.15) is 0 Å². The van der Waals surface area contributed by atoms with Crippen LogP contribution in [0.15, 0.2) is 24.8 Å². The van der Waals surface area contributed by atoms with E-state index in [0.717, 1.165) is 0 Å². The van der Waals surface area contributed by atoms with Crippen molar-refractivity contribution in [3.63, 3.8) is 0 Å². The van der Waals surface area contributed by atoms with E-state index in [9.17, 15) is 9.18 Å². The second-order valence-corrected chi connectivity index (χ2v) is 2.49. The summed E-state index contributed by atoms with van der Waals surface area (Å²) in [6.45, 7) is 4.74. The zero-order valence-corrected chi connectivity index (χ0v) is 7.21. The fourth-order valence-corrected chi connectivity index (χ4v) is 0.880. The van der Waals surface area contributed by atoms with E-state index in [1.807, 2.05) is 0 Å². The third kappa shape index (κ3) is 2.40. The summed E-state index contributed by atoms with van der Waals surface area (Å²) >= 11 is 0. The highest BCUT2D eigenvalue weighted by molar-refractivity contribution is 5.69. The molecule has 0 amide bonds. The molecule has 0 radical (unpaired) electrons. The normalized spacial score (nSPS) is 9.38. The van der Waals surface area contributed by atoms with Gasteiger partial charge in [-0.15, -0.1) is 0 Å². The van der Waals surface area contributed by atoms with Crippen LogP contribution >= 0.6 is 0 Å². The van der Waals surface area contributed by atoms with Gasteiger partial charge < -0.3 is 4.74 Å². The van der Waals surface area contributed by atoms with E-state index in [2.05, 4.69) is 11.3 Å². The lowest BCUT2D eigenvalue weighted by Crippen LogP contribution is -2.03. The minimum absolute atomic E-state index is 0.0649. The second-order valence-electron chi connectivity index (χ2n) is 2.49. The first-order valence-corrected chi connectivity index (χ1v) is 3.74. The van der Waals surface area contributed by atoms with Gasteiger partial charge in [0.1, 0.15) is 0 Å². The van der Waals surface area contributed by atoms with Gasteiger partial charge in [0.15, 0.2) is 11.6 Å². The van der Waals surface area contributed by atoms with Crippen molar-refractivity contribution in [2.24, 2.45) is 0 Å². The Bertz CT molecular complexity index is 345. The van der Waals surface area contributed by atoms with Crippen LogP contribution in [-0.4, -0.2) is 5.97 Å². The van der Waals surface area contributed by atoms with Crippen LogP contribution in [0.1, 0.15) is 12.5 Å². The standard InChI is InChI=1S/C10H9FO2/c1-3-8-4-5-9(11)10(6-8)13-7(2)12/h3-6H,1H2,2H3. The van der Waals surface area contributed by atoms with E-state index < -0.39 is 11.8 Å². The van der Waals surface area contributed by atoms with Crippen molar-refractivity contribution in [2.75, 3.05) is 0 Å². The maximum absolute atomic E-state index is 13.0. The Balaban J connectivity index is 3.03. The zero-order valence-electron chi connectivity index (χ0n) is 7.21. The molecule has 0 saturated carbocycles. The molecule has 0 saturated heterocycles. The highest BCUT2D eigenvalue weighted by Gasteiger charge is 2.05. The number of halogens is 1. The van der Waals surface area contributed by atoms with Crippen LogP contribution in [0.3, 0.4) is 0 Å². The van der Waals surface area contributed by atoms with Crippen LogP contribution in [0.2, 0.25) is 0 Å². The van der Waals surface area contributed by atoms with Gasteiger partial charge in [0, 0.05) is 6.92 Å². The molecule has 0 spiro atoms. The molecule has 0 bridgehead atoms. The van der Waals surface area contributed by atoms with Crippen molar-refractivity contribution in [3.05, 3.63) is 36.2 Å². The smallest absolute Gasteiger partial charge is 0.308 e. The van der Waals surface area contributed by atoms with Crippen molar-refractivity contribution in [3.8, 4) is 5.75 Å². The van der Waals surface area contributed by atoms with E-state index in [-0.39, 0.29) is 5.75 Å². The minimum atomic E-state index is -0.555. The lowest BCUT2D eigenvalue weighted by molar-refractivity contribution is -0.132. The van der Waals surface area contributed by atoms with E-state index in [0.29, 0.717) is 5.56 Å². The average Bonchev–Trinajstić information content (AvgIpc) is 2.08. The molecule has 68 valence electrons. The second kappa shape index (κ2) is 3.85. The van der Waals surface area contributed by atoms with Crippen molar-refractivity contribution >= 4 is 12.0 Å². The van der Waals surface area contributed by atoms with Crippen molar-refractivity contribution < 1.29 is 13.9 Å². The third-order valence-corrected chi connectivity index (χ3v) is 1.44. The fraction of sp³-hybridized carbons (Fsp3) is 0.100. The topological polar surface area (TPSA) is 26.3 Å². The van der Waals surface area contributed by atoms with Crippen molar-refractivity contribution in [1.82, 2.24) is 0 Å². The number of carbonyl (C=O) groups is 1. The Morgan fingerprint density at radius 2 is 2.31 bits per heavy atom. The molecule has 0 atom stereocenters. The molecular formula is C10H9FO2. The molecule has 0 aliphatic heterocycles. The quantitative estimate of drug-likeness (QED) is 0.516. The molecule has 1 rings (SSSR count). The van der Waals surface area contributed by atoms with Crippen molar-refractivity contribution in [2.45, 2.75) is 6.92 Å². The summed E-state index contributed by atoms with van der Waals surface area (Å²) in [4.78, 5) is 10.6. The van der Waals surface area contributed by atoms with Gasteiger partial charge in [0.25, 0.3) is 0 Å². The maximum Gasteiger partial charge on any atom is 0.308 e. The monoisotopic (exact) mass is 180 g/mol. The van der Waals surface area contributed by atoms with Crippen molar-refractivity contribution in [1.29, 1.82) is 0 Å². The van der Waals surface area contributed by atoms with E-state index in [4.69, 9.17) is 0 Å². The number of carbonyl (C=O) groups excluding carboxylic acids is 1. The third-order valence-electron chi connectivity index (χ3n) is 1.44.